The second-order valence-corrected chi connectivity index (χ2v) is 6.43. The minimum atomic E-state index is 0.0607. The molecule has 5 rings (SSSR count). The van der Waals surface area contributed by atoms with Crippen LogP contribution in [0.15, 0.2) is 30.5 Å². The Bertz CT molecular complexity index is 641. The van der Waals surface area contributed by atoms with Gasteiger partial charge in [-0.15, -0.1) is 0 Å². The Labute approximate surface area is 124 Å². The summed E-state index contributed by atoms with van der Waals surface area (Å²) in [5.74, 6) is 0.854. The lowest BCUT2D eigenvalue weighted by Gasteiger charge is -2.26. The summed E-state index contributed by atoms with van der Waals surface area (Å²) in [4.78, 5) is 18.1. The number of carbonyl (C=O) groups is 1. The molecule has 3 aliphatic heterocycles. The summed E-state index contributed by atoms with van der Waals surface area (Å²) >= 11 is 0. The Morgan fingerprint density at radius 2 is 2.10 bits per heavy atom. The zero-order valence-electron chi connectivity index (χ0n) is 12.1. The van der Waals surface area contributed by atoms with Crippen molar-refractivity contribution < 1.29 is 4.79 Å². The van der Waals surface area contributed by atoms with Crippen LogP contribution in [-0.2, 0) is 0 Å². The Hall–Kier alpha value is -1.81. The highest BCUT2D eigenvalue weighted by Gasteiger charge is 2.29. The summed E-state index contributed by atoms with van der Waals surface area (Å²) in [5, 5.41) is 4.33. The number of H-pyrrole nitrogens is 1. The normalized spacial score (nSPS) is 28.5. The smallest absolute Gasteiger partial charge is 0.251 e. The third kappa shape index (κ3) is 2.56. The summed E-state index contributed by atoms with van der Waals surface area (Å²) < 4.78 is 0. The van der Waals surface area contributed by atoms with E-state index in [9.17, 15) is 4.79 Å². The van der Waals surface area contributed by atoms with E-state index in [1.165, 1.54) is 25.9 Å². The van der Waals surface area contributed by atoms with E-state index in [0.29, 0.717) is 6.04 Å². The maximum Gasteiger partial charge on any atom is 0.251 e. The molecule has 0 aliphatic carbocycles. The number of hydrogen-bond acceptors (Lipinski definition) is 2. The van der Waals surface area contributed by atoms with Crippen LogP contribution in [0.4, 0.5) is 0 Å². The first-order valence-corrected chi connectivity index (χ1v) is 7.88. The molecule has 110 valence electrons. The van der Waals surface area contributed by atoms with E-state index in [1.807, 2.05) is 30.5 Å². The molecular weight excluding hydrogens is 262 g/mol. The van der Waals surface area contributed by atoms with Gasteiger partial charge in [-0.3, -0.25) is 4.79 Å². The Morgan fingerprint density at radius 3 is 2.95 bits per heavy atom. The number of piperidine rings is 1. The van der Waals surface area contributed by atoms with E-state index < -0.39 is 0 Å². The average Bonchev–Trinajstić information content (AvgIpc) is 2.78. The predicted octanol–water partition coefficient (Wildman–Crippen LogP) is 2.38. The molecule has 21 heavy (non-hydrogen) atoms. The minimum Gasteiger partial charge on any atom is -0.361 e. The molecule has 3 saturated heterocycles. The van der Waals surface area contributed by atoms with Crippen LogP contribution in [0.3, 0.4) is 0 Å². The standard InChI is InChI=1S/C17H21N3O/c21-17(14-1-2-16-13(10-14)3-6-18-16)19-15-9-12-4-7-20(11-15)8-5-12/h1-3,6,10,12,15,18H,4-5,7-9,11H2,(H,19,21)/t15-/m1/s1. The predicted molar refractivity (Wildman–Crippen MR) is 83.3 cm³/mol. The lowest BCUT2D eigenvalue weighted by Crippen LogP contribution is -2.41. The van der Waals surface area contributed by atoms with Crippen LogP contribution in [0.25, 0.3) is 10.9 Å². The fraction of sp³-hybridized carbons (Fsp3) is 0.471. The monoisotopic (exact) mass is 283 g/mol. The van der Waals surface area contributed by atoms with Gasteiger partial charge in [0.15, 0.2) is 0 Å². The number of amides is 1. The van der Waals surface area contributed by atoms with Gasteiger partial charge in [-0.2, -0.15) is 0 Å². The Kier molecular flexibility index (Phi) is 3.19. The minimum absolute atomic E-state index is 0.0607. The number of rotatable bonds is 2. The molecular formula is C17H21N3O. The van der Waals surface area contributed by atoms with Gasteiger partial charge in [-0.25, -0.2) is 0 Å². The SMILES string of the molecule is O=C(N[C@@H]1CC2CCN(CC2)C1)c1ccc2[nH]ccc2c1. The van der Waals surface area contributed by atoms with E-state index in [-0.39, 0.29) is 5.91 Å². The van der Waals surface area contributed by atoms with Gasteiger partial charge < -0.3 is 15.2 Å². The average molecular weight is 283 g/mol. The molecule has 0 spiro atoms. The van der Waals surface area contributed by atoms with Crippen molar-refractivity contribution in [3.8, 4) is 0 Å². The number of carbonyl (C=O) groups excluding carboxylic acids is 1. The van der Waals surface area contributed by atoms with Gasteiger partial charge in [0.25, 0.3) is 5.91 Å². The van der Waals surface area contributed by atoms with Crippen molar-refractivity contribution in [1.29, 1.82) is 0 Å². The molecule has 1 atom stereocenters. The maximum atomic E-state index is 12.5. The first kappa shape index (κ1) is 12.9. The number of nitrogens with one attached hydrogen (secondary N) is 2. The van der Waals surface area contributed by atoms with Crippen LogP contribution >= 0.6 is 0 Å². The van der Waals surface area contributed by atoms with Gasteiger partial charge in [-0.1, -0.05) is 0 Å². The highest BCUT2D eigenvalue weighted by atomic mass is 16.1. The summed E-state index contributed by atoms with van der Waals surface area (Å²) in [6.07, 6.45) is 5.63. The molecule has 1 aromatic carbocycles. The zero-order chi connectivity index (χ0) is 14.2. The van der Waals surface area contributed by atoms with Crippen molar-refractivity contribution in [1.82, 2.24) is 15.2 Å². The van der Waals surface area contributed by atoms with Crippen LogP contribution in [0.5, 0.6) is 0 Å². The first-order valence-electron chi connectivity index (χ1n) is 7.88. The summed E-state index contributed by atoms with van der Waals surface area (Å²) in [6, 6.07) is 8.15. The third-order valence-corrected chi connectivity index (χ3v) is 4.95. The van der Waals surface area contributed by atoms with Gasteiger partial charge in [0.05, 0.1) is 0 Å². The molecule has 3 fully saturated rings. The second-order valence-electron chi connectivity index (χ2n) is 6.43. The van der Waals surface area contributed by atoms with Crippen LogP contribution in [-0.4, -0.2) is 41.5 Å². The largest absolute Gasteiger partial charge is 0.361 e. The van der Waals surface area contributed by atoms with Gasteiger partial charge in [0.1, 0.15) is 0 Å². The zero-order valence-corrected chi connectivity index (χ0v) is 12.1. The van der Waals surface area contributed by atoms with Crippen molar-refractivity contribution in [2.45, 2.75) is 25.3 Å². The highest BCUT2D eigenvalue weighted by molar-refractivity contribution is 5.98. The number of aromatic nitrogens is 1. The van der Waals surface area contributed by atoms with E-state index in [2.05, 4.69) is 15.2 Å². The van der Waals surface area contributed by atoms with Gasteiger partial charge in [0.2, 0.25) is 0 Å². The second kappa shape index (κ2) is 5.19. The van der Waals surface area contributed by atoms with Crippen molar-refractivity contribution in [2.24, 2.45) is 5.92 Å². The molecule has 4 heteroatoms. The first-order chi connectivity index (χ1) is 10.3. The fourth-order valence-electron chi connectivity index (χ4n) is 3.76. The molecule has 1 aromatic heterocycles. The number of aromatic amines is 1. The van der Waals surface area contributed by atoms with E-state index in [4.69, 9.17) is 0 Å². The van der Waals surface area contributed by atoms with Crippen LogP contribution in [0.1, 0.15) is 29.6 Å². The fourth-order valence-corrected chi connectivity index (χ4v) is 3.76. The molecule has 3 aliphatic rings. The van der Waals surface area contributed by atoms with Crippen molar-refractivity contribution in [3.05, 3.63) is 36.0 Å². The maximum absolute atomic E-state index is 12.5. The van der Waals surface area contributed by atoms with Crippen LogP contribution in [0, 0.1) is 5.92 Å². The van der Waals surface area contributed by atoms with Gasteiger partial charge in [0, 0.05) is 35.2 Å². The summed E-state index contributed by atoms with van der Waals surface area (Å²) in [7, 11) is 0. The number of nitrogens with zero attached hydrogens (tertiary/aromatic N) is 1. The molecule has 4 nitrogen and oxygen atoms in total. The molecule has 2 N–H and O–H groups in total. The van der Waals surface area contributed by atoms with Crippen LogP contribution < -0.4 is 5.32 Å². The number of fused-ring (bicyclic) bond motifs is 5. The molecule has 4 heterocycles. The van der Waals surface area contributed by atoms with E-state index >= 15 is 0 Å². The van der Waals surface area contributed by atoms with Crippen molar-refractivity contribution >= 4 is 16.8 Å². The van der Waals surface area contributed by atoms with E-state index in [0.717, 1.165) is 35.3 Å². The summed E-state index contributed by atoms with van der Waals surface area (Å²) in [6.45, 7) is 3.41. The summed E-state index contributed by atoms with van der Waals surface area (Å²) in [5.41, 5.74) is 1.83. The van der Waals surface area contributed by atoms with Gasteiger partial charge >= 0.3 is 0 Å². The Morgan fingerprint density at radius 1 is 1.24 bits per heavy atom. The lowest BCUT2D eigenvalue weighted by molar-refractivity contribution is 0.0929. The lowest BCUT2D eigenvalue weighted by atomic mass is 9.94. The third-order valence-electron chi connectivity index (χ3n) is 4.95. The molecule has 1 amide bonds. The molecule has 2 aromatic rings. The number of benzene rings is 1. The quantitative estimate of drug-likeness (QED) is 0.889. The topological polar surface area (TPSA) is 48.1 Å². The molecule has 2 bridgehead atoms. The van der Waals surface area contributed by atoms with E-state index in [1.54, 1.807) is 0 Å². The van der Waals surface area contributed by atoms with Gasteiger partial charge in [-0.05, 0) is 62.5 Å². The molecule has 0 unspecified atom stereocenters. The van der Waals surface area contributed by atoms with Crippen LogP contribution in [0.2, 0.25) is 0 Å². The number of hydrogen-bond donors (Lipinski definition) is 2. The molecule has 0 saturated carbocycles. The molecule has 0 radical (unpaired) electrons. The Balaban J connectivity index is 1.49. The van der Waals surface area contributed by atoms with Crippen molar-refractivity contribution in [3.63, 3.8) is 0 Å². The van der Waals surface area contributed by atoms with Crippen molar-refractivity contribution in [2.75, 3.05) is 19.6 Å². The highest BCUT2D eigenvalue weighted by Crippen LogP contribution is 2.26.